The molecule has 1 aromatic rings. The Kier molecular flexibility index (Phi) is 4.15. The summed E-state index contributed by atoms with van der Waals surface area (Å²) in [5.41, 5.74) is 8.02. The molecular weight excluding hydrogens is 276 g/mol. The van der Waals surface area contributed by atoms with Crippen LogP contribution < -0.4 is 5.73 Å². The Morgan fingerprint density at radius 1 is 1.45 bits per heavy atom. The van der Waals surface area contributed by atoms with Crippen LogP contribution in [0.15, 0.2) is 24.3 Å². The third kappa shape index (κ3) is 2.71. The van der Waals surface area contributed by atoms with Gasteiger partial charge in [-0.2, -0.15) is 0 Å². The number of nitrogens with zero attached hydrogens (tertiary/aromatic N) is 1. The van der Waals surface area contributed by atoms with Crippen molar-refractivity contribution in [2.24, 2.45) is 5.73 Å². The van der Waals surface area contributed by atoms with Crippen molar-refractivity contribution < 1.29 is 13.2 Å². The molecule has 1 aliphatic rings. The third-order valence-corrected chi connectivity index (χ3v) is 5.39. The second-order valence-corrected chi connectivity index (χ2v) is 7.57. The van der Waals surface area contributed by atoms with Crippen molar-refractivity contribution in [3.8, 4) is 0 Å². The van der Waals surface area contributed by atoms with E-state index in [0.29, 0.717) is 13.1 Å². The fourth-order valence-electron chi connectivity index (χ4n) is 2.59. The molecule has 0 aromatic heterocycles. The highest BCUT2D eigenvalue weighted by Gasteiger charge is 2.35. The molecule has 1 amide bonds. The van der Waals surface area contributed by atoms with Crippen LogP contribution in [0.25, 0.3) is 0 Å². The zero-order chi connectivity index (χ0) is 14.9. The van der Waals surface area contributed by atoms with Gasteiger partial charge in [0.25, 0.3) is 0 Å². The standard InChI is InChI=1S/C14H20N2O3S/c1-10(20(2,18)19)14(17)16-8-7-11-5-3-4-6-12(11)13(16)9-15/h3-6,10,13H,7-9,15H2,1-2H3. The largest absolute Gasteiger partial charge is 0.333 e. The first-order chi connectivity index (χ1) is 9.36. The predicted octanol–water partition coefficient (Wildman–Crippen LogP) is 0.504. The summed E-state index contributed by atoms with van der Waals surface area (Å²) in [4.78, 5) is 14.0. The van der Waals surface area contributed by atoms with Crippen LogP contribution in [0.3, 0.4) is 0 Å². The average Bonchev–Trinajstić information content (AvgIpc) is 2.43. The fraction of sp³-hybridized carbons (Fsp3) is 0.500. The molecule has 2 atom stereocenters. The minimum absolute atomic E-state index is 0.239. The van der Waals surface area contributed by atoms with Crippen LogP contribution >= 0.6 is 0 Å². The van der Waals surface area contributed by atoms with Gasteiger partial charge in [-0.1, -0.05) is 24.3 Å². The number of amides is 1. The molecule has 6 heteroatoms. The molecule has 2 rings (SSSR count). The summed E-state index contributed by atoms with van der Waals surface area (Å²) in [6.45, 7) is 2.24. The predicted molar refractivity (Wildman–Crippen MR) is 78.0 cm³/mol. The molecule has 0 spiro atoms. The first kappa shape index (κ1) is 15.0. The maximum Gasteiger partial charge on any atom is 0.241 e. The zero-order valence-corrected chi connectivity index (χ0v) is 12.6. The summed E-state index contributed by atoms with van der Waals surface area (Å²) in [5.74, 6) is -0.363. The quantitative estimate of drug-likeness (QED) is 0.881. The molecule has 2 unspecified atom stereocenters. The Labute approximate surface area is 119 Å². The number of hydrogen-bond acceptors (Lipinski definition) is 4. The monoisotopic (exact) mass is 296 g/mol. The molecule has 1 aromatic carbocycles. The molecule has 20 heavy (non-hydrogen) atoms. The molecule has 0 saturated heterocycles. The Morgan fingerprint density at radius 3 is 2.70 bits per heavy atom. The molecule has 0 bridgehead atoms. The van der Waals surface area contributed by atoms with Crippen molar-refractivity contribution in [3.63, 3.8) is 0 Å². The Hall–Kier alpha value is -1.40. The summed E-state index contributed by atoms with van der Waals surface area (Å²) in [7, 11) is -3.39. The Morgan fingerprint density at radius 2 is 2.10 bits per heavy atom. The van der Waals surface area contributed by atoms with Crippen molar-refractivity contribution in [2.75, 3.05) is 19.3 Å². The van der Waals surface area contributed by atoms with Crippen molar-refractivity contribution in [3.05, 3.63) is 35.4 Å². The lowest BCUT2D eigenvalue weighted by Crippen LogP contribution is -2.48. The lowest BCUT2D eigenvalue weighted by molar-refractivity contribution is -0.133. The highest BCUT2D eigenvalue weighted by Crippen LogP contribution is 2.29. The fourth-order valence-corrected chi connectivity index (χ4v) is 3.09. The maximum atomic E-state index is 12.4. The Bertz CT molecular complexity index is 613. The molecule has 1 aliphatic heterocycles. The molecule has 110 valence electrons. The van der Waals surface area contributed by atoms with E-state index in [1.807, 2.05) is 24.3 Å². The number of benzene rings is 1. The van der Waals surface area contributed by atoms with Gasteiger partial charge in [0.1, 0.15) is 5.25 Å². The van der Waals surface area contributed by atoms with Crippen molar-refractivity contribution in [2.45, 2.75) is 24.6 Å². The molecular formula is C14H20N2O3S. The molecule has 0 radical (unpaired) electrons. The molecule has 5 nitrogen and oxygen atoms in total. The van der Waals surface area contributed by atoms with Gasteiger partial charge in [0.05, 0.1) is 6.04 Å². The lowest BCUT2D eigenvalue weighted by Gasteiger charge is -2.37. The molecule has 0 fully saturated rings. The van der Waals surface area contributed by atoms with E-state index >= 15 is 0 Å². The van der Waals surface area contributed by atoms with E-state index in [1.165, 1.54) is 12.5 Å². The summed E-state index contributed by atoms with van der Waals surface area (Å²) >= 11 is 0. The number of carbonyl (C=O) groups excluding carboxylic acids is 1. The molecule has 2 N–H and O–H groups in total. The van der Waals surface area contributed by atoms with Gasteiger partial charge in [0, 0.05) is 19.3 Å². The minimum Gasteiger partial charge on any atom is -0.333 e. The van der Waals surface area contributed by atoms with Crippen molar-refractivity contribution in [1.82, 2.24) is 4.90 Å². The van der Waals surface area contributed by atoms with Gasteiger partial charge in [-0.05, 0) is 24.5 Å². The van der Waals surface area contributed by atoms with E-state index in [4.69, 9.17) is 5.73 Å². The SMILES string of the molecule is CC(C(=O)N1CCc2ccccc2C1CN)S(C)(=O)=O. The molecule has 1 heterocycles. The van der Waals surface area contributed by atoms with Crippen LogP contribution in [0, 0.1) is 0 Å². The highest BCUT2D eigenvalue weighted by atomic mass is 32.2. The number of nitrogens with two attached hydrogens (primary N) is 1. The van der Waals surface area contributed by atoms with Crippen molar-refractivity contribution >= 4 is 15.7 Å². The van der Waals surface area contributed by atoms with Gasteiger partial charge in [0.15, 0.2) is 9.84 Å². The van der Waals surface area contributed by atoms with E-state index in [9.17, 15) is 13.2 Å². The van der Waals surface area contributed by atoms with E-state index in [-0.39, 0.29) is 11.9 Å². The van der Waals surface area contributed by atoms with E-state index in [0.717, 1.165) is 18.2 Å². The highest BCUT2D eigenvalue weighted by molar-refractivity contribution is 7.92. The van der Waals surface area contributed by atoms with Gasteiger partial charge >= 0.3 is 0 Å². The van der Waals surface area contributed by atoms with Gasteiger partial charge in [-0.15, -0.1) is 0 Å². The summed E-state index contributed by atoms with van der Waals surface area (Å²) in [5, 5.41) is -1.03. The van der Waals surface area contributed by atoms with E-state index in [2.05, 4.69) is 0 Å². The topological polar surface area (TPSA) is 80.5 Å². The van der Waals surface area contributed by atoms with Crippen LogP contribution in [-0.4, -0.2) is 43.8 Å². The smallest absolute Gasteiger partial charge is 0.241 e. The summed E-state index contributed by atoms with van der Waals surface area (Å²) < 4.78 is 23.2. The maximum absolute atomic E-state index is 12.4. The Balaban J connectivity index is 2.33. The second kappa shape index (κ2) is 5.54. The molecule has 0 saturated carbocycles. The molecule has 0 aliphatic carbocycles. The number of hydrogen-bond donors (Lipinski definition) is 1. The zero-order valence-electron chi connectivity index (χ0n) is 11.7. The first-order valence-corrected chi connectivity index (χ1v) is 8.59. The number of rotatable bonds is 3. The normalized spacial score (nSPS) is 20.4. The van der Waals surface area contributed by atoms with Gasteiger partial charge in [0.2, 0.25) is 5.91 Å². The van der Waals surface area contributed by atoms with Gasteiger partial charge in [-0.25, -0.2) is 8.42 Å². The number of carbonyl (C=O) groups is 1. The summed E-state index contributed by atoms with van der Waals surface area (Å²) in [6, 6.07) is 7.62. The second-order valence-electron chi connectivity index (χ2n) is 5.20. The van der Waals surface area contributed by atoms with Gasteiger partial charge < -0.3 is 10.6 Å². The van der Waals surface area contributed by atoms with Crippen LogP contribution in [0.5, 0.6) is 0 Å². The van der Waals surface area contributed by atoms with Gasteiger partial charge in [-0.3, -0.25) is 4.79 Å². The lowest BCUT2D eigenvalue weighted by atomic mass is 9.92. The van der Waals surface area contributed by atoms with E-state index < -0.39 is 15.1 Å². The van der Waals surface area contributed by atoms with Crippen LogP contribution in [-0.2, 0) is 21.1 Å². The average molecular weight is 296 g/mol. The van der Waals surface area contributed by atoms with E-state index in [1.54, 1.807) is 4.90 Å². The van der Waals surface area contributed by atoms with Crippen molar-refractivity contribution in [1.29, 1.82) is 0 Å². The minimum atomic E-state index is -3.39. The third-order valence-electron chi connectivity index (χ3n) is 3.91. The number of sulfone groups is 1. The van der Waals surface area contributed by atoms with Crippen LogP contribution in [0.4, 0.5) is 0 Å². The van der Waals surface area contributed by atoms with Crippen LogP contribution in [0.1, 0.15) is 24.1 Å². The summed E-state index contributed by atoms with van der Waals surface area (Å²) in [6.07, 6.45) is 1.82. The first-order valence-electron chi connectivity index (χ1n) is 6.63. The number of fused-ring (bicyclic) bond motifs is 1. The van der Waals surface area contributed by atoms with Crippen LogP contribution in [0.2, 0.25) is 0 Å².